The van der Waals surface area contributed by atoms with Gasteiger partial charge in [0.15, 0.2) is 5.96 Å². The molecule has 0 bridgehead atoms. The maximum atomic E-state index is 4.44. The molecule has 4 nitrogen and oxygen atoms in total. The number of likely N-dealkylation sites (tertiary alicyclic amines) is 1. The van der Waals surface area contributed by atoms with Crippen molar-refractivity contribution in [2.24, 2.45) is 10.9 Å². The van der Waals surface area contributed by atoms with E-state index in [9.17, 15) is 0 Å². The summed E-state index contributed by atoms with van der Waals surface area (Å²) in [4.78, 5) is 12.5. The number of nitrogens with one attached hydrogen (secondary N) is 1. The van der Waals surface area contributed by atoms with Gasteiger partial charge in [0.25, 0.3) is 0 Å². The first kappa shape index (κ1) is 19.2. The summed E-state index contributed by atoms with van der Waals surface area (Å²) < 4.78 is 0. The van der Waals surface area contributed by atoms with Crippen molar-refractivity contribution in [1.82, 2.24) is 15.2 Å². The zero-order valence-corrected chi connectivity index (χ0v) is 17.4. The van der Waals surface area contributed by atoms with E-state index < -0.39 is 0 Å². The molecule has 1 fully saturated rings. The molecule has 0 radical (unpaired) electrons. The minimum absolute atomic E-state index is 0. The molecule has 1 aromatic heterocycles. The molecular weight excluding hydrogens is 431 g/mol. The largest absolute Gasteiger partial charge is 0.350 e. The number of thiazole rings is 1. The van der Waals surface area contributed by atoms with Crippen LogP contribution in [0.3, 0.4) is 0 Å². The van der Waals surface area contributed by atoms with Gasteiger partial charge in [-0.3, -0.25) is 4.99 Å². The van der Waals surface area contributed by atoms with Crippen molar-refractivity contribution in [2.75, 3.05) is 20.1 Å². The number of aryl methyl sites for hydroxylation is 1. The molecule has 1 unspecified atom stereocenters. The summed E-state index contributed by atoms with van der Waals surface area (Å²) in [5, 5.41) is 4.56. The number of hydrogen-bond donors (Lipinski definition) is 1. The van der Waals surface area contributed by atoms with Crippen LogP contribution in [0.5, 0.6) is 0 Å². The fourth-order valence-electron chi connectivity index (χ4n) is 3.11. The van der Waals surface area contributed by atoms with E-state index in [4.69, 9.17) is 0 Å². The Morgan fingerprint density at radius 2 is 2.17 bits per heavy atom. The summed E-state index contributed by atoms with van der Waals surface area (Å²) in [6, 6.07) is 10.8. The maximum Gasteiger partial charge on any atom is 0.194 e. The third kappa shape index (κ3) is 5.17. The maximum absolute atomic E-state index is 4.44. The van der Waals surface area contributed by atoms with Crippen LogP contribution in [0, 0.1) is 12.8 Å². The summed E-state index contributed by atoms with van der Waals surface area (Å²) in [5.74, 6) is 1.70. The fourth-order valence-corrected chi connectivity index (χ4v) is 3.84. The Hall–Kier alpha value is -1.15. The van der Waals surface area contributed by atoms with Crippen molar-refractivity contribution in [3.63, 3.8) is 0 Å². The predicted octanol–water partition coefficient (Wildman–Crippen LogP) is 3.71. The number of aliphatic imine (C=N–C) groups is 1. The fraction of sp³-hybridized carbons (Fsp3) is 0.444. The quantitative estimate of drug-likeness (QED) is 0.433. The molecule has 0 spiro atoms. The second kappa shape index (κ2) is 9.36. The molecule has 0 saturated carbocycles. The zero-order chi connectivity index (χ0) is 16.1. The van der Waals surface area contributed by atoms with Crippen LogP contribution in [0.4, 0.5) is 0 Å². The molecule has 0 aliphatic carbocycles. The van der Waals surface area contributed by atoms with Gasteiger partial charge in [0, 0.05) is 31.2 Å². The molecule has 2 aromatic rings. The van der Waals surface area contributed by atoms with Crippen molar-refractivity contribution < 1.29 is 0 Å². The van der Waals surface area contributed by atoms with Crippen LogP contribution in [0.1, 0.15) is 21.9 Å². The van der Waals surface area contributed by atoms with Crippen LogP contribution in [0.15, 0.2) is 41.5 Å². The van der Waals surface area contributed by atoms with Gasteiger partial charge < -0.3 is 10.2 Å². The average Bonchev–Trinajstić information content (AvgIpc) is 3.19. The van der Waals surface area contributed by atoms with E-state index in [0.717, 1.165) is 37.0 Å². The summed E-state index contributed by atoms with van der Waals surface area (Å²) in [7, 11) is 1.86. The Morgan fingerprint density at radius 3 is 2.83 bits per heavy atom. The smallest absolute Gasteiger partial charge is 0.194 e. The van der Waals surface area contributed by atoms with Crippen LogP contribution in [-0.4, -0.2) is 36.0 Å². The van der Waals surface area contributed by atoms with E-state index in [2.05, 4.69) is 57.4 Å². The van der Waals surface area contributed by atoms with Gasteiger partial charge in [-0.25, -0.2) is 4.98 Å². The number of hydrogen-bond acceptors (Lipinski definition) is 3. The number of nitrogens with zero attached hydrogens (tertiary/aromatic N) is 3. The van der Waals surface area contributed by atoms with Crippen LogP contribution < -0.4 is 5.32 Å². The Morgan fingerprint density at radius 1 is 1.38 bits per heavy atom. The number of aromatic nitrogens is 1. The van der Waals surface area contributed by atoms with E-state index in [1.165, 1.54) is 16.9 Å². The lowest BCUT2D eigenvalue weighted by atomic mass is 9.99. The third-order valence-electron chi connectivity index (χ3n) is 4.23. The second-order valence-corrected chi connectivity index (χ2v) is 7.38. The SMILES string of the molecule is CN=C(NCc1ncc(C)s1)N1CCC(Cc2ccccc2)C1.I. The lowest BCUT2D eigenvalue weighted by Crippen LogP contribution is -2.39. The van der Waals surface area contributed by atoms with Gasteiger partial charge in [0.2, 0.25) is 0 Å². The highest BCUT2D eigenvalue weighted by molar-refractivity contribution is 14.0. The van der Waals surface area contributed by atoms with Gasteiger partial charge >= 0.3 is 0 Å². The zero-order valence-electron chi connectivity index (χ0n) is 14.2. The molecule has 3 rings (SSSR count). The van der Waals surface area contributed by atoms with Gasteiger partial charge in [-0.05, 0) is 31.2 Å². The van der Waals surface area contributed by atoms with Gasteiger partial charge in [-0.15, -0.1) is 35.3 Å². The number of halogens is 1. The highest BCUT2D eigenvalue weighted by Gasteiger charge is 2.24. The molecule has 1 aliphatic rings. The first-order valence-corrected chi connectivity index (χ1v) is 8.97. The Bertz CT molecular complexity index is 656. The third-order valence-corrected chi connectivity index (χ3v) is 5.14. The van der Waals surface area contributed by atoms with E-state index in [1.54, 1.807) is 11.3 Å². The molecule has 1 atom stereocenters. The minimum atomic E-state index is 0. The van der Waals surface area contributed by atoms with E-state index in [1.807, 2.05) is 13.2 Å². The first-order chi connectivity index (χ1) is 11.2. The molecule has 2 heterocycles. The summed E-state index contributed by atoms with van der Waals surface area (Å²) in [5.41, 5.74) is 1.43. The number of guanidine groups is 1. The predicted molar refractivity (Wildman–Crippen MR) is 112 cm³/mol. The summed E-state index contributed by atoms with van der Waals surface area (Å²) in [6.07, 6.45) is 4.31. The van der Waals surface area contributed by atoms with Crippen molar-refractivity contribution in [1.29, 1.82) is 0 Å². The standard InChI is InChI=1S/C18H24N4S.HI/c1-14-11-20-17(23-14)12-21-18(19-2)22-9-8-16(13-22)10-15-6-4-3-5-7-15;/h3-7,11,16H,8-10,12-13H2,1-2H3,(H,19,21);1H. The lowest BCUT2D eigenvalue weighted by molar-refractivity contribution is 0.459. The normalized spacial score (nSPS) is 17.7. The Balaban J connectivity index is 0.00000208. The Labute approximate surface area is 165 Å². The monoisotopic (exact) mass is 456 g/mol. The van der Waals surface area contributed by atoms with E-state index >= 15 is 0 Å². The van der Waals surface area contributed by atoms with Crippen LogP contribution in [0.2, 0.25) is 0 Å². The topological polar surface area (TPSA) is 40.5 Å². The first-order valence-electron chi connectivity index (χ1n) is 8.15. The molecule has 130 valence electrons. The molecule has 6 heteroatoms. The van der Waals surface area contributed by atoms with Crippen molar-refractivity contribution in [3.8, 4) is 0 Å². The average molecular weight is 456 g/mol. The van der Waals surface area contributed by atoms with Gasteiger partial charge in [-0.1, -0.05) is 30.3 Å². The van der Waals surface area contributed by atoms with E-state index in [0.29, 0.717) is 5.92 Å². The number of rotatable bonds is 4. The van der Waals surface area contributed by atoms with Gasteiger partial charge in [0.05, 0.1) is 6.54 Å². The van der Waals surface area contributed by atoms with Crippen molar-refractivity contribution >= 4 is 41.3 Å². The van der Waals surface area contributed by atoms with Crippen LogP contribution >= 0.6 is 35.3 Å². The highest BCUT2D eigenvalue weighted by Crippen LogP contribution is 2.21. The molecule has 1 N–H and O–H groups in total. The van der Waals surface area contributed by atoms with E-state index in [-0.39, 0.29) is 24.0 Å². The van der Waals surface area contributed by atoms with Crippen LogP contribution in [0.25, 0.3) is 0 Å². The van der Waals surface area contributed by atoms with Gasteiger partial charge in [-0.2, -0.15) is 0 Å². The molecular formula is C18H25IN4S. The second-order valence-electron chi connectivity index (χ2n) is 6.06. The van der Waals surface area contributed by atoms with Crippen LogP contribution in [-0.2, 0) is 13.0 Å². The van der Waals surface area contributed by atoms with Crippen molar-refractivity contribution in [2.45, 2.75) is 26.3 Å². The highest BCUT2D eigenvalue weighted by atomic mass is 127. The number of benzene rings is 1. The minimum Gasteiger partial charge on any atom is -0.350 e. The molecule has 1 aliphatic heterocycles. The summed E-state index contributed by atoms with van der Waals surface area (Å²) in [6.45, 7) is 5.00. The Kier molecular flexibility index (Phi) is 7.48. The van der Waals surface area contributed by atoms with Crippen molar-refractivity contribution in [3.05, 3.63) is 52.0 Å². The molecule has 1 aromatic carbocycles. The molecule has 0 amide bonds. The molecule has 24 heavy (non-hydrogen) atoms. The molecule has 1 saturated heterocycles. The van der Waals surface area contributed by atoms with Gasteiger partial charge in [0.1, 0.15) is 5.01 Å². The lowest BCUT2D eigenvalue weighted by Gasteiger charge is -2.21. The summed E-state index contributed by atoms with van der Waals surface area (Å²) >= 11 is 1.74.